The fourth-order valence-electron chi connectivity index (χ4n) is 8.71. The Hall–Kier alpha value is -3.82. The van der Waals surface area contributed by atoms with Crippen molar-refractivity contribution in [2.75, 3.05) is 0 Å². The van der Waals surface area contributed by atoms with Crippen molar-refractivity contribution in [1.29, 1.82) is 0 Å². The molecule has 0 nitrogen and oxygen atoms in total. The van der Waals surface area contributed by atoms with Crippen molar-refractivity contribution in [3.05, 3.63) is 189 Å². The molecule has 0 amide bonds. The molecule has 266 valence electrons. The molecule has 6 aromatic rings. The summed E-state index contributed by atoms with van der Waals surface area (Å²) in [6, 6.07) is 52.5. The zero-order valence-electron chi connectivity index (χ0n) is 33.0. The van der Waals surface area contributed by atoms with Crippen LogP contribution in [0.1, 0.15) is 87.2 Å². The molecule has 0 radical (unpaired) electrons. The van der Waals surface area contributed by atoms with E-state index in [-0.39, 0.29) is 16.7 Å². The van der Waals surface area contributed by atoms with Crippen LogP contribution in [0.4, 0.5) is 0 Å². The predicted molar refractivity (Wildman–Crippen MR) is 233 cm³/mol. The molecule has 6 rings (SSSR count). The van der Waals surface area contributed by atoms with Gasteiger partial charge in [0.1, 0.15) is 0 Å². The van der Waals surface area contributed by atoms with Crippen LogP contribution < -0.4 is 21.2 Å². The van der Waals surface area contributed by atoms with Gasteiger partial charge in [0, 0.05) is 11.3 Å². The maximum absolute atomic E-state index is 2.66. The summed E-state index contributed by atoms with van der Waals surface area (Å²) in [6.45, 7) is 23.3. The average molecular weight is 719 g/mol. The van der Waals surface area contributed by atoms with Gasteiger partial charge in [-0.05, 0) is 115 Å². The van der Waals surface area contributed by atoms with E-state index in [2.05, 4.69) is 203 Å². The van der Waals surface area contributed by atoms with E-state index in [0.717, 1.165) is 6.42 Å². The quantitative estimate of drug-likeness (QED) is 0.117. The van der Waals surface area contributed by atoms with Gasteiger partial charge >= 0.3 is 0 Å². The van der Waals surface area contributed by atoms with Gasteiger partial charge in [0.15, 0.2) is 0 Å². The Morgan fingerprint density at radius 1 is 0.385 bits per heavy atom. The van der Waals surface area contributed by atoms with Crippen molar-refractivity contribution >= 4 is 37.1 Å². The van der Waals surface area contributed by atoms with E-state index >= 15 is 0 Å². The number of rotatable bonds is 11. The maximum atomic E-state index is 2.66. The van der Waals surface area contributed by atoms with Crippen LogP contribution in [0.5, 0.6) is 0 Å². The molecule has 0 saturated heterocycles. The Bertz CT molecular complexity index is 1810. The van der Waals surface area contributed by atoms with E-state index < -0.39 is 15.8 Å². The van der Waals surface area contributed by atoms with E-state index in [1.54, 1.807) is 0 Å². The SMILES string of the molecule is CCC(C)(C(c1ccccc1)P(c1cc(C)cc(C)c1)c1cc(C)cc(C)c1)C(c1ccccc1)P(c1cc(C)cc(C)c1)c1cc(C)cc(C)c1. The Kier molecular flexibility index (Phi) is 11.7. The molecule has 6 aromatic carbocycles. The predicted octanol–water partition coefficient (Wildman–Crippen LogP) is 12.6. The van der Waals surface area contributed by atoms with Crippen molar-refractivity contribution in [3.63, 3.8) is 0 Å². The highest BCUT2D eigenvalue weighted by Crippen LogP contribution is 2.70. The van der Waals surface area contributed by atoms with Crippen LogP contribution in [0, 0.1) is 60.8 Å². The van der Waals surface area contributed by atoms with Gasteiger partial charge in [0.25, 0.3) is 0 Å². The third-order valence-corrected chi connectivity index (χ3v) is 16.8. The first-order valence-electron chi connectivity index (χ1n) is 18.9. The lowest BCUT2D eigenvalue weighted by atomic mass is 9.75. The molecule has 0 aliphatic rings. The van der Waals surface area contributed by atoms with Crippen LogP contribution in [0.25, 0.3) is 0 Å². The second-order valence-corrected chi connectivity index (χ2v) is 20.2. The van der Waals surface area contributed by atoms with Crippen LogP contribution in [-0.4, -0.2) is 0 Å². The van der Waals surface area contributed by atoms with Crippen molar-refractivity contribution in [1.82, 2.24) is 0 Å². The Balaban J connectivity index is 1.75. The summed E-state index contributed by atoms with van der Waals surface area (Å²) in [5.74, 6) is 0. The molecule has 0 N–H and O–H groups in total. The minimum absolute atomic E-state index is 0.148. The number of aryl methyl sites for hydroxylation is 8. The lowest BCUT2D eigenvalue weighted by molar-refractivity contribution is 0.286. The average Bonchev–Trinajstić information content (AvgIpc) is 3.08. The van der Waals surface area contributed by atoms with Crippen molar-refractivity contribution in [3.8, 4) is 0 Å². The van der Waals surface area contributed by atoms with Crippen LogP contribution in [0.3, 0.4) is 0 Å². The molecule has 2 heteroatoms. The van der Waals surface area contributed by atoms with Crippen LogP contribution >= 0.6 is 15.8 Å². The van der Waals surface area contributed by atoms with Crippen LogP contribution in [0.15, 0.2) is 133 Å². The summed E-state index contributed by atoms with van der Waals surface area (Å²) in [4.78, 5) is 0. The molecular weight excluding hydrogens is 662 g/mol. The van der Waals surface area contributed by atoms with Crippen molar-refractivity contribution in [2.24, 2.45) is 5.41 Å². The monoisotopic (exact) mass is 718 g/mol. The number of hydrogen-bond acceptors (Lipinski definition) is 0. The first kappa shape index (κ1) is 37.9. The third kappa shape index (κ3) is 8.21. The largest absolute Gasteiger partial charge is 0.0648 e. The van der Waals surface area contributed by atoms with Gasteiger partial charge in [-0.1, -0.05) is 192 Å². The van der Waals surface area contributed by atoms with E-state index in [9.17, 15) is 0 Å². The highest BCUT2D eigenvalue weighted by atomic mass is 31.1. The molecule has 0 heterocycles. The normalized spacial score (nSPS) is 14.0. The summed E-state index contributed by atoms with van der Waals surface area (Å²) in [5, 5.41) is 5.89. The van der Waals surface area contributed by atoms with Gasteiger partial charge in [-0.2, -0.15) is 0 Å². The minimum Gasteiger partial charge on any atom is -0.0648 e. The zero-order chi connectivity index (χ0) is 37.2. The lowest BCUT2D eigenvalue weighted by Crippen LogP contribution is -2.37. The molecular formula is C50H56P2. The molecule has 2 unspecified atom stereocenters. The molecule has 0 saturated carbocycles. The molecule has 0 aliphatic heterocycles. The first-order valence-corrected chi connectivity index (χ1v) is 21.7. The summed E-state index contributed by atoms with van der Waals surface area (Å²) < 4.78 is 0. The Morgan fingerprint density at radius 3 is 0.827 bits per heavy atom. The Labute approximate surface area is 317 Å². The molecule has 0 aromatic heterocycles. The van der Waals surface area contributed by atoms with Gasteiger partial charge < -0.3 is 0 Å². The van der Waals surface area contributed by atoms with Gasteiger partial charge in [-0.3, -0.25) is 0 Å². The van der Waals surface area contributed by atoms with Crippen LogP contribution in [0.2, 0.25) is 0 Å². The topological polar surface area (TPSA) is 0 Å². The number of benzene rings is 6. The third-order valence-electron chi connectivity index (χ3n) is 10.7. The fraction of sp³-hybridized carbons (Fsp3) is 0.280. The first-order chi connectivity index (χ1) is 24.9. The molecule has 52 heavy (non-hydrogen) atoms. The van der Waals surface area contributed by atoms with E-state index in [4.69, 9.17) is 0 Å². The summed E-state index contributed by atoms with van der Waals surface area (Å²) in [5.41, 5.74) is 13.9. The van der Waals surface area contributed by atoms with Gasteiger partial charge in [0.05, 0.1) is 0 Å². The van der Waals surface area contributed by atoms with Crippen molar-refractivity contribution in [2.45, 2.75) is 87.0 Å². The van der Waals surface area contributed by atoms with Gasteiger partial charge in [-0.25, -0.2) is 0 Å². The second-order valence-electron chi connectivity index (χ2n) is 15.6. The molecule has 0 aliphatic carbocycles. The highest BCUT2D eigenvalue weighted by molar-refractivity contribution is 7.74. The van der Waals surface area contributed by atoms with Gasteiger partial charge in [-0.15, -0.1) is 0 Å². The second kappa shape index (κ2) is 16.0. The van der Waals surface area contributed by atoms with Crippen molar-refractivity contribution < 1.29 is 0 Å². The fourth-order valence-corrected chi connectivity index (χ4v) is 16.1. The maximum Gasteiger partial charge on any atom is 0.0185 e. The van der Waals surface area contributed by atoms with Crippen LogP contribution in [-0.2, 0) is 0 Å². The molecule has 0 fully saturated rings. The Morgan fingerprint density at radius 2 is 0.615 bits per heavy atom. The standard InChI is InChI=1S/C50H56P2/c1-11-50(10,48(42-18-14-12-15-19-42)51(44-26-34(2)22-35(3)27-44)45-28-36(4)23-37(5)29-45)49(43-20-16-13-17-21-43)52(46-30-38(6)24-39(7)31-46)47-32-40(8)25-41(9)33-47/h12-33,48-49H,11H2,1-10H3. The summed E-state index contributed by atoms with van der Waals surface area (Å²) in [7, 11) is -1.70. The number of hydrogen-bond donors (Lipinski definition) is 0. The lowest BCUT2D eigenvalue weighted by Gasteiger charge is -2.50. The van der Waals surface area contributed by atoms with Gasteiger partial charge in [0.2, 0.25) is 0 Å². The van der Waals surface area contributed by atoms with E-state index in [1.807, 2.05) is 0 Å². The molecule has 0 spiro atoms. The molecule has 2 atom stereocenters. The minimum atomic E-state index is -0.849. The zero-order valence-corrected chi connectivity index (χ0v) is 34.7. The van der Waals surface area contributed by atoms with E-state index in [0.29, 0.717) is 0 Å². The smallest absolute Gasteiger partial charge is 0.0185 e. The highest BCUT2D eigenvalue weighted by Gasteiger charge is 2.49. The summed E-state index contributed by atoms with van der Waals surface area (Å²) in [6.07, 6.45) is 1.04. The molecule has 0 bridgehead atoms. The van der Waals surface area contributed by atoms with E-state index in [1.165, 1.54) is 76.9 Å². The summed E-state index contributed by atoms with van der Waals surface area (Å²) >= 11 is 0.